The van der Waals surface area contributed by atoms with Crippen LogP contribution in [0.2, 0.25) is 0 Å². The molecular weight excluding hydrogens is 610 g/mol. The lowest BCUT2D eigenvalue weighted by atomic mass is 9.91. The van der Waals surface area contributed by atoms with Crippen LogP contribution in [0.3, 0.4) is 0 Å². The Labute approximate surface area is 305 Å². The van der Waals surface area contributed by atoms with Crippen molar-refractivity contribution in [2.24, 2.45) is 5.92 Å². The molecule has 7 heteroatoms. The van der Waals surface area contributed by atoms with Gasteiger partial charge in [-0.3, -0.25) is 14.5 Å². The molecule has 0 saturated heterocycles. The summed E-state index contributed by atoms with van der Waals surface area (Å²) in [5, 5.41) is 8.99. The van der Waals surface area contributed by atoms with Gasteiger partial charge in [-0.15, -0.1) is 0 Å². The van der Waals surface area contributed by atoms with Crippen LogP contribution in [0.25, 0.3) is 0 Å². The number of carbonyl (C=O) groups is 2. The van der Waals surface area contributed by atoms with Gasteiger partial charge in [0, 0.05) is 32.0 Å². The zero-order valence-corrected chi connectivity index (χ0v) is 33.8. The monoisotopic (exact) mass is 696 g/mol. The molecule has 0 aromatic heterocycles. The number of unbranched alkanes of at least 4 members (excludes halogenated alkanes) is 12. The van der Waals surface area contributed by atoms with Crippen molar-refractivity contribution in [2.45, 2.75) is 194 Å². The number of carbonyl (C=O) groups excluding carboxylic acids is 1. The van der Waals surface area contributed by atoms with E-state index in [1.165, 1.54) is 116 Å². The molecule has 0 aromatic rings. The van der Waals surface area contributed by atoms with E-state index in [2.05, 4.69) is 56.5 Å². The van der Waals surface area contributed by atoms with E-state index in [1.807, 2.05) is 0 Å². The van der Waals surface area contributed by atoms with Gasteiger partial charge in [0.2, 0.25) is 0 Å². The van der Waals surface area contributed by atoms with E-state index in [-0.39, 0.29) is 12.4 Å². The van der Waals surface area contributed by atoms with Crippen LogP contribution < -0.4 is 0 Å². The molecule has 0 aromatic carbocycles. The SMILES string of the molecule is CCC.CCCCCCCCC(CCCCCC)COC(=O)CCCCCN(CCCCCC(=O)O)CCN(CCCN(C)C)C1CCC1. The topological polar surface area (TPSA) is 73.3 Å². The Bertz CT molecular complexity index is 731. The molecule has 0 spiro atoms. The van der Waals surface area contributed by atoms with Crippen molar-refractivity contribution in [2.75, 3.05) is 60.0 Å². The van der Waals surface area contributed by atoms with Crippen molar-refractivity contribution in [3.05, 3.63) is 0 Å². The summed E-state index contributed by atoms with van der Waals surface area (Å²) in [6.45, 7) is 16.0. The van der Waals surface area contributed by atoms with E-state index in [1.54, 1.807) is 0 Å². The number of aliphatic carboxylic acids is 1. The first-order valence-corrected chi connectivity index (χ1v) is 21.3. The summed E-state index contributed by atoms with van der Waals surface area (Å²) < 4.78 is 5.83. The summed E-state index contributed by atoms with van der Waals surface area (Å²) >= 11 is 0. The van der Waals surface area contributed by atoms with E-state index in [0.717, 1.165) is 77.3 Å². The Kier molecular flexibility index (Phi) is 34.4. The Morgan fingerprint density at radius 1 is 0.633 bits per heavy atom. The van der Waals surface area contributed by atoms with Gasteiger partial charge >= 0.3 is 11.9 Å². The molecule has 0 bridgehead atoms. The van der Waals surface area contributed by atoms with Crippen LogP contribution in [-0.4, -0.2) is 97.8 Å². The lowest BCUT2D eigenvalue weighted by molar-refractivity contribution is -0.145. The highest BCUT2D eigenvalue weighted by Crippen LogP contribution is 2.25. The van der Waals surface area contributed by atoms with E-state index in [0.29, 0.717) is 18.9 Å². The number of esters is 1. The van der Waals surface area contributed by atoms with Gasteiger partial charge in [-0.2, -0.15) is 0 Å². The minimum Gasteiger partial charge on any atom is -0.481 e. The summed E-state index contributed by atoms with van der Waals surface area (Å²) in [5.41, 5.74) is 0. The second kappa shape index (κ2) is 35.2. The van der Waals surface area contributed by atoms with Gasteiger partial charge in [-0.05, 0) is 104 Å². The minimum atomic E-state index is -0.690. The van der Waals surface area contributed by atoms with Crippen LogP contribution in [0.5, 0.6) is 0 Å². The lowest BCUT2D eigenvalue weighted by Gasteiger charge is -2.39. The largest absolute Gasteiger partial charge is 0.481 e. The average molecular weight is 696 g/mol. The quantitative estimate of drug-likeness (QED) is 0.0530. The number of nitrogens with zero attached hydrogens (tertiary/aromatic N) is 3. The molecule has 0 aliphatic heterocycles. The molecule has 1 rings (SSSR count). The maximum atomic E-state index is 12.6. The molecule has 49 heavy (non-hydrogen) atoms. The first-order chi connectivity index (χ1) is 23.8. The van der Waals surface area contributed by atoms with E-state index in [9.17, 15) is 9.59 Å². The number of hydrogen-bond donors (Lipinski definition) is 1. The number of ether oxygens (including phenoxy) is 1. The number of rotatable bonds is 34. The summed E-state index contributed by atoms with van der Waals surface area (Å²) in [6, 6.07) is 0.757. The highest BCUT2D eigenvalue weighted by molar-refractivity contribution is 5.69. The van der Waals surface area contributed by atoms with Crippen molar-refractivity contribution in [1.29, 1.82) is 0 Å². The maximum Gasteiger partial charge on any atom is 0.305 e. The standard InChI is InChI=1S/C39H77N3O4.C3H8/c1-5-7-9-11-12-16-24-36(23-15-10-8-6-2)35-46-39(45)28-18-14-20-31-41(30-19-13-17-27-38(43)44)33-34-42(37-25-21-26-37)32-22-29-40(3)4;1-3-2/h36-37H,5-35H2,1-4H3,(H,43,44);3H2,1-2H3. The average Bonchev–Trinajstić information content (AvgIpc) is 3.03. The molecule has 1 aliphatic rings. The molecule has 1 atom stereocenters. The van der Waals surface area contributed by atoms with E-state index in [4.69, 9.17) is 9.84 Å². The second-order valence-corrected chi connectivity index (χ2v) is 15.3. The van der Waals surface area contributed by atoms with Crippen LogP contribution in [-0.2, 0) is 14.3 Å². The van der Waals surface area contributed by atoms with Gasteiger partial charge in [0.25, 0.3) is 0 Å². The predicted octanol–water partition coefficient (Wildman–Crippen LogP) is 10.6. The Morgan fingerprint density at radius 2 is 1.16 bits per heavy atom. The molecule has 1 aliphatic carbocycles. The smallest absolute Gasteiger partial charge is 0.305 e. The summed E-state index contributed by atoms with van der Waals surface area (Å²) in [4.78, 5) is 31.2. The molecule has 0 amide bonds. The number of carboxylic acid groups (broad SMARTS) is 1. The van der Waals surface area contributed by atoms with Crippen LogP contribution in [0.4, 0.5) is 0 Å². The van der Waals surface area contributed by atoms with E-state index >= 15 is 0 Å². The fraction of sp³-hybridized carbons (Fsp3) is 0.952. The Hall–Kier alpha value is -1.18. The lowest BCUT2D eigenvalue weighted by Crippen LogP contribution is -2.45. The van der Waals surface area contributed by atoms with Crippen molar-refractivity contribution in [1.82, 2.24) is 14.7 Å². The summed E-state index contributed by atoms with van der Waals surface area (Å²) in [6.07, 6.45) is 28.6. The van der Waals surface area contributed by atoms with Gasteiger partial charge in [-0.1, -0.05) is 118 Å². The van der Waals surface area contributed by atoms with Crippen molar-refractivity contribution >= 4 is 11.9 Å². The number of hydrogen-bond acceptors (Lipinski definition) is 6. The van der Waals surface area contributed by atoms with Gasteiger partial charge < -0.3 is 19.6 Å². The molecule has 0 heterocycles. The maximum absolute atomic E-state index is 12.6. The van der Waals surface area contributed by atoms with Crippen LogP contribution >= 0.6 is 0 Å². The normalized spacial score (nSPS) is 13.8. The zero-order chi connectivity index (χ0) is 36.4. The first-order valence-electron chi connectivity index (χ1n) is 21.3. The van der Waals surface area contributed by atoms with Gasteiger partial charge in [0.05, 0.1) is 6.61 Å². The Balaban J connectivity index is 0.00000738. The summed E-state index contributed by atoms with van der Waals surface area (Å²) in [5.74, 6) is -0.173. The van der Waals surface area contributed by atoms with Gasteiger partial charge in [0.15, 0.2) is 0 Å². The molecule has 1 saturated carbocycles. The summed E-state index contributed by atoms with van der Waals surface area (Å²) in [7, 11) is 4.31. The molecule has 1 fully saturated rings. The van der Waals surface area contributed by atoms with Crippen LogP contribution in [0, 0.1) is 5.92 Å². The third-order valence-electron chi connectivity index (χ3n) is 9.98. The van der Waals surface area contributed by atoms with Crippen molar-refractivity contribution < 1.29 is 19.4 Å². The fourth-order valence-electron chi connectivity index (χ4n) is 6.66. The third kappa shape index (κ3) is 31.3. The Morgan fingerprint density at radius 3 is 1.69 bits per heavy atom. The molecule has 0 radical (unpaired) electrons. The van der Waals surface area contributed by atoms with Crippen LogP contribution in [0.1, 0.15) is 188 Å². The molecule has 292 valence electrons. The van der Waals surface area contributed by atoms with Crippen molar-refractivity contribution in [3.8, 4) is 0 Å². The molecule has 1 N–H and O–H groups in total. The first kappa shape index (κ1) is 47.8. The second-order valence-electron chi connectivity index (χ2n) is 15.3. The fourth-order valence-corrected chi connectivity index (χ4v) is 6.66. The van der Waals surface area contributed by atoms with Gasteiger partial charge in [0.1, 0.15) is 0 Å². The highest BCUT2D eigenvalue weighted by atomic mass is 16.5. The molecular formula is C42H85N3O4. The highest BCUT2D eigenvalue weighted by Gasteiger charge is 2.24. The minimum absolute atomic E-state index is 0.00865. The molecule has 1 unspecified atom stereocenters. The van der Waals surface area contributed by atoms with E-state index < -0.39 is 5.97 Å². The zero-order valence-electron chi connectivity index (χ0n) is 33.8. The van der Waals surface area contributed by atoms with Crippen molar-refractivity contribution in [3.63, 3.8) is 0 Å². The predicted molar refractivity (Wildman–Crippen MR) is 211 cm³/mol. The number of carboxylic acids is 1. The van der Waals surface area contributed by atoms with Crippen LogP contribution in [0.15, 0.2) is 0 Å². The molecule has 7 nitrogen and oxygen atoms in total. The third-order valence-corrected chi connectivity index (χ3v) is 9.98. The van der Waals surface area contributed by atoms with Gasteiger partial charge in [-0.25, -0.2) is 0 Å².